The summed E-state index contributed by atoms with van der Waals surface area (Å²) in [4.78, 5) is 2.49. The van der Waals surface area contributed by atoms with Crippen LogP contribution in [0.4, 0.5) is 0 Å². The maximum absolute atomic E-state index is 6.00. The van der Waals surface area contributed by atoms with Crippen LogP contribution in [-0.4, -0.2) is 38.2 Å². The number of para-hydroxylation sites is 1. The van der Waals surface area contributed by atoms with Crippen molar-refractivity contribution in [2.75, 3.05) is 27.2 Å². The third-order valence-electron chi connectivity index (χ3n) is 4.67. The van der Waals surface area contributed by atoms with Gasteiger partial charge in [0.25, 0.3) is 0 Å². The van der Waals surface area contributed by atoms with E-state index in [-0.39, 0.29) is 0 Å². The summed E-state index contributed by atoms with van der Waals surface area (Å²) in [7, 11) is 4.21. The largest absolute Gasteiger partial charge is 0.492 e. The van der Waals surface area contributed by atoms with Gasteiger partial charge in [-0.3, -0.25) is 4.90 Å². The summed E-state index contributed by atoms with van der Waals surface area (Å²) in [6.07, 6.45) is 5.50. The van der Waals surface area contributed by atoms with E-state index < -0.39 is 0 Å². The number of nitrogens with one attached hydrogen (secondary N) is 1. The first kappa shape index (κ1) is 16.3. The third kappa shape index (κ3) is 4.72. The Morgan fingerprint density at radius 2 is 2.00 bits per heavy atom. The molecule has 0 aromatic heterocycles. The second-order valence-corrected chi connectivity index (χ2v) is 6.30. The molecule has 0 aliphatic heterocycles. The van der Waals surface area contributed by atoms with Gasteiger partial charge in [-0.05, 0) is 38.9 Å². The van der Waals surface area contributed by atoms with Crippen LogP contribution in [0.15, 0.2) is 24.3 Å². The molecule has 1 N–H and O–H groups in total. The minimum atomic E-state index is 0.731. The minimum absolute atomic E-state index is 0.731. The summed E-state index contributed by atoms with van der Waals surface area (Å²) in [6, 6.07) is 9.03. The van der Waals surface area contributed by atoms with Gasteiger partial charge in [0.15, 0.2) is 0 Å². The van der Waals surface area contributed by atoms with E-state index in [1.165, 1.54) is 31.2 Å². The molecule has 2 rings (SSSR count). The highest BCUT2D eigenvalue weighted by atomic mass is 16.5. The fourth-order valence-electron chi connectivity index (χ4n) is 3.40. The Hall–Kier alpha value is -1.06. The zero-order valence-corrected chi connectivity index (χ0v) is 13.8. The average molecular weight is 290 g/mol. The lowest BCUT2D eigenvalue weighted by Crippen LogP contribution is -2.40. The van der Waals surface area contributed by atoms with Gasteiger partial charge in [-0.1, -0.05) is 38.0 Å². The van der Waals surface area contributed by atoms with Crippen molar-refractivity contribution in [3.05, 3.63) is 29.8 Å². The molecule has 1 saturated carbocycles. The molecule has 0 bridgehead atoms. The summed E-state index contributed by atoms with van der Waals surface area (Å²) in [5.74, 6) is 1.83. The van der Waals surface area contributed by atoms with Crippen LogP contribution in [0.5, 0.6) is 5.75 Å². The number of nitrogens with zero attached hydrogens (tertiary/aromatic N) is 1. The molecule has 0 spiro atoms. The van der Waals surface area contributed by atoms with Crippen molar-refractivity contribution < 1.29 is 4.74 Å². The molecule has 0 amide bonds. The Morgan fingerprint density at radius 1 is 1.24 bits per heavy atom. The third-order valence-corrected chi connectivity index (χ3v) is 4.67. The van der Waals surface area contributed by atoms with Gasteiger partial charge >= 0.3 is 0 Å². The summed E-state index contributed by atoms with van der Waals surface area (Å²) >= 11 is 0. The maximum Gasteiger partial charge on any atom is 0.123 e. The van der Waals surface area contributed by atoms with Crippen LogP contribution < -0.4 is 10.1 Å². The monoisotopic (exact) mass is 290 g/mol. The molecular weight excluding hydrogens is 260 g/mol. The first-order chi connectivity index (χ1) is 10.2. The Morgan fingerprint density at radius 3 is 2.76 bits per heavy atom. The summed E-state index contributed by atoms with van der Waals surface area (Å²) in [6.45, 7) is 5.01. The van der Waals surface area contributed by atoms with Crippen molar-refractivity contribution >= 4 is 0 Å². The van der Waals surface area contributed by atoms with Gasteiger partial charge in [-0.2, -0.15) is 0 Å². The van der Waals surface area contributed by atoms with Gasteiger partial charge in [-0.15, -0.1) is 0 Å². The summed E-state index contributed by atoms with van der Waals surface area (Å²) in [5.41, 5.74) is 1.23. The fourth-order valence-corrected chi connectivity index (χ4v) is 3.40. The molecule has 21 heavy (non-hydrogen) atoms. The smallest absolute Gasteiger partial charge is 0.123 e. The predicted octanol–water partition coefficient (Wildman–Crippen LogP) is 3.30. The van der Waals surface area contributed by atoms with Gasteiger partial charge in [0.2, 0.25) is 0 Å². The van der Waals surface area contributed by atoms with E-state index in [1.54, 1.807) is 0 Å². The van der Waals surface area contributed by atoms with E-state index in [1.807, 2.05) is 13.1 Å². The SMILES string of the molecule is CNCc1ccccc1OCCN(C)C1CCCCC1C. The van der Waals surface area contributed by atoms with Crippen LogP contribution in [0.2, 0.25) is 0 Å². The van der Waals surface area contributed by atoms with Crippen molar-refractivity contribution in [3.8, 4) is 5.75 Å². The molecule has 2 unspecified atom stereocenters. The first-order valence-electron chi connectivity index (χ1n) is 8.28. The van der Waals surface area contributed by atoms with E-state index in [0.29, 0.717) is 0 Å². The number of rotatable bonds is 7. The molecule has 2 atom stereocenters. The van der Waals surface area contributed by atoms with Gasteiger partial charge < -0.3 is 10.1 Å². The summed E-state index contributed by atoms with van der Waals surface area (Å²) in [5, 5.41) is 3.19. The Balaban J connectivity index is 1.81. The van der Waals surface area contributed by atoms with Crippen molar-refractivity contribution in [2.24, 2.45) is 5.92 Å². The highest BCUT2D eigenvalue weighted by molar-refractivity contribution is 5.33. The van der Waals surface area contributed by atoms with E-state index in [4.69, 9.17) is 4.74 Å². The zero-order chi connectivity index (χ0) is 15.1. The molecule has 1 aliphatic rings. The molecule has 1 aliphatic carbocycles. The highest BCUT2D eigenvalue weighted by Gasteiger charge is 2.24. The van der Waals surface area contributed by atoms with Crippen molar-refractivity contribution in [2.45, 2.75) is 45.2 Å². The minimum Gasteiger partial charge on any atom is -0.492 e. The molecule has 118 valence electrons. The maximum atomic E-state index is 6.00. The molecule has 1 aromatic carbocycles. The molecule has 0 radical (unpaired) electrons. The zero-order valence-electron chi connectivity index (χ0n) is 13.8. The number of hydrogen-bond acceptors (Lipinski definition) is 3. The van der Waals surface area contributed by atoms with Crippen molar-refractivity contribution in [3.63, 3.8) is 0 Å². The van der Waals surface area contributed by atoms with Crippen LogP contribution >= 0.6 is 0 Å². The van der Waals surface area contributed by atoms with E-state index in [0.717, 1.165) is 37.4 Å². The summed E-state index contributed by atoms with van der Waals surface area (Å²) < 4.78 is 6.00. The highest BCUT2D eigenvalue weighted by Crippen LogP contribution is 2.27. The van der Waals surface area contributed by atoms with Crippen molar-refractivity contribution in [1.82, 2.24) is 10.2 Å². The van der Waals surface area contributed by atoms with Gasteiger partial charge in [0.05, 0.1) is 0 Å². The van der Waals surface area contributed by atoms with Gasteiger partial charge in [0.1, 0.15) is 12.4 Å². The lowest BCUT2D eigenvalue weighted by atomic mass is 9.85. The van der Waals surface area contributed by atoms with E-state index in [2.05, 4.69) is 42.4 Å². The molecule has 3 nitrogen and oxygen atoms in total. The number of benzene rings is 1. The number of ether oxygens (including phenoxy) is 1. The Bertz CT molecular complexity index is 421. The number of hydrogen-bond donors (Lipinski definition) is 1. The molecule has 3 heteroatoms. The van der Waals surface area contributed by atoms with Gasteiger partial charge in [0, 0.05) is 24.7 Å². The Labute approximate surface area is 129 Å². The lowest BCUT2D eigenvalue weighted by molar-refractivity contribution is 0.120. The predicted molar refractivity (Wildman–Crippen MR) is 88.8 cm³/mol. The van der Waals surface area contributed by atoms with E-state index >= 15 is 0 Å². The first-order valence-corrected chi connectivity index (χ1v) is 8.28. The molecule has 0 heterocycles. The lowest BCUT2D eigenvalue weighted by Gasteiger charge is -2.36. The second kappa shape index (κ2) is 8.40. The van der Waals surface area contributed by atoms with E-state index in [9.17, 15) is 0 Å². The van der Waals surface area contributed by atoms with Crippen LogP contribution in [0.3, 0.4) is 0 Å². The molecular formula is C18H30N2O. The van der Waals surface area contributed by atoms with Crippen LogP contribution in [0.1, 0.15) is 38.2 Å². The topological polar surface area (TPSA) is 24.5 Å². The van der Waals surface area contributed by atoms with Gasteiger partial charge in [-0.25, -0.2) is 0 Å². The standard InChI is InChI=1S/C18H30N2O/c1-15-8-4-6-10-17(15)20(3)12-13-21-18-11-7-5-9-16(18)14-19-2/h5,7,9,11,15,17,19H,4,6,8,10,12-14H2,1-3H3. The normalized spacial score (nSPS) is 22.5. The Kier molecular flexibility index (Phi) is 6.52. The quantitative estimate of drug-likeness (QED) is 0.834. The molecule has 0 saturated heterocycles. The van der Waals surface area contributed by atoms with Crippen LogP contribution in [0.25, 0.3) is 0 Å². The second-order valence-electron chi connectivity index (χ2n) is 6.30. The molecule has 1 aromatic rings. The fraction of sp³-hybridized carbons (Fsp3) is 0.667. The van der Waals surface area contributed by atoms with Crippen LogP contribution in [0, 0.1) is 5.92 Å². The number of likely N-dealkylation sites (N-methyl/N-ethyl adjacent to an activating group) is 1. The van der Waals surface area contributed by atoms with Crippen LogP contribution in [-0.2, 0) is 6.54 Å². The molecule has 1 fully saturated rings. The average Bonchev–Trinajstić information content (AvgIpc) is 2.49. The van der Waals surface area contributed by atoms with Crippen molar-refractivity contribution in [1.29, 1.82) is 0 Å².